The zero-order valence-electron chi connectivity index (χ0n) is 9.87. The molecule has 96 valence electrons. The second-order valence-corrected chi connectivity index (χ2v) is 4.45. The Balaban J connectivity index is 0. The third-order valence-corrected chi connectivity index (χ3v) is 1.92. The van der Waals surface area contributed by atoms with Gasteiger partial charge in [-0.15, -0.1) is 12.4 Å². The van der Waals surface area contributed by atoms with Crippen molar-refractivity contribution in [3.8, 4) is 0 Å². The summed E-state index contributed by atoms with van der Waals surface area (Å²) in [4.78, 5) is 21.5. The van der Waals surface area contributed by atoms with E-state index in [0.717, 1.165) is 0 Å². The summed E-state index contributed by atoms with van der Waals surface area (Å²) in [7, 11) is 0. The number of rotatable bonds is 5. The zero-order chi connectivity index (χ0) is 12.1. The molecule has 0 radical (unpaired) electrons. The molecule has 6 nitrogen and oxygen atoms in total. The lowest BCUT2D eigenvalue weighted by Gasteiger charge is -2.28. The highest BCUT2D eigenvalue weighted by Crippen LogP contribution is 2.18. The van der Waals surface area contributed by atoms with Gasteiger partial charge < -0.3 is 22.1 Å². The van der Waals surface area contributed by atoms with E-state index < -0.39 is 18.0 Å². The van der Waals surface area contributed by atoms with Gasteiger partial charge in [-0.25, -0.2) is 4.79 Å². The Morgan fingerprint density at radius 2 is 1.69 bits per heavy atom. The van der Waals surface area contributed by atoms with E-state index in [4.69, 9.17) is 11.5 Å². The Labute approximate surface area is 102 Å². The van der Waals surface area contributed by atoms with Gasteiger partial charge in [-0.1, -0.05) is 20.8 Å². The maximum absolute atomic E-state index is 11.1. The summed E-state index contributed by atoms with van der Waals surface area (Å²) < 4.78 is 0. The van der Waals surface area contributed by atoms with Crippen molar-refractivity contribution in [3.05, 3.63) is 0 Å². The number of primary amides is 2. The van der Waals surface area contributed by atoms with E-state index in [9.17, 15) is 9.59 Å². The van der Waals surface area contributed by atoms with E-state index in [1.165, 1.54) is 0 Å². The molecule has 0 heterocycles. The lowest BCUT2D eigenvalue weighted by molar-refractivity contribution is -0.122. The van der Waals surface area contributed by atoms with Gasteiger partial charge >= 0.3 is 6.03 Å². The number of nitrogens with one attached hydrogen (secondary N) is 2. The van der Waals surface area contributed by atoms with Gasteiger partial charge in [0, 0.05) is 13.1 Å². The number of nitrogens with two attached hydrogens (primary N) is 2. The van der Waals surface area contributed by atoms with E-state index >= 15 is 0 Å². The smallest absolute Gasteiger partial charge is 0.312 e. The van der Waals surface area contributed by atoms with E-state index in [0.29, 0.717) is 13.1 Å². The first-order chi connectivity index (χ1) is 6.75. The lowest BCUT2D eigenvalue weighted by atomic mass is 9.86. The molecule has 0 aliphatic rings. The van der Waals surface area contributed by atoms with Gasteiger partial charge in [0.05, 0.1) is 6.04 Å². The molecule has 16 heavy (non-hydrogen) atoms. The second kappa shape index (κ2) is 7.29. The fourth-order valence-corrected chi connectivity index (χ4v) is 1.24. The van der Waals surface area contributed by atoms with Crippen LogP contribution >= 0.6 is 12.4 Å². The topological polar surface area (TPSA) is 110 Å². The Morgan fingerprint density at radius 1 is 1.19 bits per heavy atom. The maximum Gasteiger partial charge on any atom is 0.312 e. The summed E-state index contributed by atoms with van der Waals surface area (Å²) in [5.74, 6) is -0.401. The molecule has 0 fully saturated rings. The van der Waals surface area contributed by atoms with Crippen LogP contribution in [0.1, 0.15) is 20.8 Å². The molecule has 0 spiro atoms. The molecular formula is C9H21ClN4O2. The van der Waals surface area contributed by atoms with Crippen LogP contribution in [-0.4, -0.2) is 31.1 Å². The Hall–Kier alpha value is -1.01. The fourth-order valence-electron chi connectivity index (χ4n) is 1.24. The normalized spacial score (nSPS) is 12.4. The highest BCUT2D eigenvalue weighted by atomic mass is 35.5. The van der Waals surface area contributed by atoms with E-state index in [1.807, 2.05) is 20.8 Å². The van der Waals surface area contributed by atoms with Gasteiger partial charge in [0.2, 0.25) is 5.91 Å². The van der Waals surface area contributed by atoms with Gasteiger partial charge in [0.15, 0.2) is 0 Å². The van der Waals surface area contributed by atoms with Crippen LogP contribution in [0.2, 0.25) is 0 Å². The molecule has 0 aliphatic heterocycles. The molecule has 0 rings (SSSR count). The summed E-state index contributed by atoms with van der Waals surface area (Å²) >= 11 is 0. The highest BCUT2D eigenvalue weighted by Gasteiger charge is 2.28. The van der Waals surface area contributed by atoms with Gasteiger partial charge in [0.1, 0.15) is 0 Å². The monoisotopic (exact) mass is 252 g/mol. The number of carbonyl (C=O) groups excluding carboxylic acids is 2. The average molecular weight is 253 g/mol. The minimum atomic E-state index is -0.580. The Kier molecular flexibility index (Phi) is 7.93. The summed E-state index contributed by atoms with van der Waals surface area (Å²) in [6.07, 6.45) is 0. The van der Waals surface area contributed by atoms with Crippen LogP contribution in [0, 0.1) is 5.41 Å². The molecule has 3 amide bonds. The molecule has 1 atom stereocenters. The van der Waals surface area contributed by atoms with Crippen LogP contribution in [0.15, 0.2) is 0 Å². The summed E-state index contributed by atoms with van der Waals surface area (Å²) in [6.45, 7) is 6.56. The molecule has 0 saturated heterocycles. The third-order valence-electron chi connectivity index (χ3n) is 1.92. The van der Waals surface area contributed by atoms with Crippen LogP contribution in [-0.2, 0) is 4.79 Å². The molecule has 0 aromatic rings. The average Bonchev–Trinajstić information content (AvgIpc) is 1.99. The highest BCUT2D eigenvalue weighted by molar-refractivity contribution is 5.85. The molecule has 7 heteroatoms. The van der Waals surface area contributed by atoms with Gasteiger partial charge in [-0.2, -0.15) is 0 Å². The first-order valence-corrected chi connectivity index (χ1v) is 4.81. The van der Waals surface area contributed by atoms with Crippen molar-refractivity contribution in [2.24, 2.45) is 16.9 Å². The molecular weight excluding hydrogens is 232 g/mol. The zero-order valence-corrected chi connectivity index (χ0v) is 10.7. The summed E-state index contributed by atoms with van der Waals surface area (Å²) in [5, 5.41) is 5.39. The maximum atomic E-state index is 11.1. The largest absolute Gasteiger partial charge is 0.368 e. The molecule has 6 N–H and O–H groups in total. The van der Waals surface area contributed by atoms with Crippen molar-refractivity contribution < 1.29 is 9.59 Å². The number of amides is 3. The van der Waals surface area contributed by atoms with Crippen molar-refractivity contribution in [2.45, 2.75) is 26.8 Å². The first kappa shape index (κ1) is 17.4. The number of carbonyl (C=O) groups is 2. The quantitative estimate of drug-likeness (QED) is 0.498. The number of urea groups is 1. The summed E-state index contributed by atoms with van der Waals surface area (Å²) in [6, 6.07) is -1.00. The third kappa shape index (κ3) is 7.30. The molecule has 0 saturated carbocycles. The van der Waals surface area contributed by atoms with Gasteiger partial charge in [-0.05, 0) is 5.41 Å². The fraction of sp³-hybridized carbons (Fsp3) is 0.778. The lowest BCUT2D eigenvalue weighted by Crippen LogP contribution is -2.51. The van der Waals surface area contributed by atoms with Crippen LogP contribution < -0.4 is 22.1 Å². The minimum Gasteiger partial charge on any atom is -0.368 e. The van der Waals surface area contributed by atoms with Crippen LogP contribution in [0.3, 0.4) is 0 Å². The second-order valence-electron chi connectivity index (χ2n) is 4.45. The first-order valence-electron chi connectivity index (χ1n) is 4.81. The molecule has 0 aromatic carbocycles. The van der Waals surface area contributed by atoms with Crippen molar-refractivity contribution in [2.75, 3.05) is 13.1 Å². The predicted molar refractivity (Wildman–Crippen MR) is 65.3 cm³/mol. The standard InChI is InChI=1S/C9H20N4O2.ClH/c1-9(2,3)6(7(10)14)12-4-5-13-8(11)15;/h6,12H,4-5H2,1-3H3,(H2,10,14)(H3,11,13,15);1H/t6-;/m1./s1. The van der Waals surface area contributed by atoms with Crippen molar-refractivity contribution in [3.63, 3.8) is 0 Å². The van der Waals surface area contributed by atoms with Crippen molar-refractivity contribution in [1.82, 2.24) is 10.6 Å². The van der Waals surface area contributed by atoms with Gasteiger partial charge in [-0.3, -0.25) is 4.79 Å². The molecule has 0 unspecified atom stereocenters. The van der Waals surface area contributed by atoms with Crippen LogP contribution in [0.5, 0.6) is 0 Å². The Morgan fingerprint density at radius 3 is 2.00 bits per heavy atom. The summed E-state index contributed by atoms with van der Waals surface area (Å²) in [5.41, 5.74) is 9.89. The van der Waals surface area contributed by atoms with Gasteiger partial charge in [0.25, 0.3) is 0 Å². The van der Waals surface area contributed by atoms with E-state index in [-0.39, 0.29) is 17.8 Å². The number of halogens is 1. The number of hydrogen-bond acceptors (Lipinski definition) is 3. The molecule has 0 aliphatic carbocycles. The van der Waals surface area contributed by atoms with Crippen LogP contribution in [0.25, 0.3) is 0 Å². The molecule has 0 aromatic heterocycles. The van der Waals surface area contributed by atoms with E-state index in [2.05, 4.69) is 10.6 Å². The SMILES string of the molecule is CC(C)(C)[C@H](NCCNC(N)=O)C(N)=O.Cl. The van der Waals surface area contributed by atoms with Crippen molar-refractivity contribution >= 4 is 24.3 Å². The number of hydrogen-bond donors (Lipinski definition) is 4. The minimum absolute atomic E-state index is 0. The van der Waals surface area contributed by atoms with E-state index in [1.54, 1.807) is 0 Å². The van der Waals surface area contributed by atoms with Crippen molar-refractivity contribution in [1.29, 1.82) is 0 Å². The predicted octanol–water partition coefficient (Wildman–Crippen LogP) is -0.434. The van der Waals surface area contributed by atoms with Crippen LogP contribution in [0.4, 0.5) is 4.79 Å². The Bertz CT molecular complexity index is 240. The molecule has 0 bridgehead atoms.